The number of hydrogen-bond donors (Lipinski definition) is 2. The Kier molecular flexibility index (Phi) is 2.77. The van der Waals surface area contributed by atoms with E-state index in [-0.39, 0.29) is 0 Å². The topological polar surface area (TPSA) is 72.5 Å². The van der Waals surface area contributed by atoms with E-state index >= 15 is 0 Å². The lowest BCUT2D eigenvalue weighted by atomic mass is 10.2. The minimum Gasteiger partial charge on any atom is -0.465 e. The molecule has 0 unspecified atom stereocenters. The van der Waals surface area contributed by atoms with Gasteiger partial charge in [-0.05, 0) is 18.6 Å². The number of carboxylic acid groups (broad SMARTS) is 1. The molecule has 6 heteroatoms. The molecule has 0 spiro atoms. The maximum Gasteiger partial charge on any atom is 0.407 e. The maximum atomic E-state index is 10.9. The van der Waals surface area contributed by atoms with Crippen LogP contribution in [0.15, 0.2) is 18.5 Å². The molecule has 0 aromatic carbocycles. The molecule has 1 aliphatic heterocycles. The number of anilines is 1. The molecule has 3 heterocycles. The molecule has 0 bridgehead atoms. The summed E-state index contributed by atoms with van der Waals surface area (Å²) in [6, 6.07) is 2.12. The molecule has 1 saturated heterocycles. The Hall–Kier alpha value is -2.24. The van der Waals surface area contributed by atoms with Gasteiger partial charge in [-0.25, -0.2) is 9.78 Å². The summed E-state index contributed by atoms with van der Waals surface area (Å²) >= 11 is 0. The van der Waals surface area contributed by atoms with Crippen LogP contribution in [0.5, 0.6) is 0 Å². The number of aryl methyl sites for hydroxylation is 1. The summed E-state index contributed by atoms with van der Waals surface area (Å²) in [7, 11) is 0. The zero-order chi connectivity index (χ0) is 13.4. The second-order valence-corrected chi connectivity index (χ2v) is 4.82. The average molecular weight is 260 g/mol. The number of pyridine rings is 1. The van der Waals surface area contributed by atoms with E-state index in [9.17, 15) is 4.79 Å². The Labute approximate surface area is 110 Å². The summed E-state index contributed by atoms with van der Waals surface area (Å²) in [5.74, 6) is 0. The van der Waals surface area contributed by atoms with E-state index in [1.165, 1.54) is 10.5 Å². The molecule has 1 aliphatic rings. The fourth-order valence-electron chi connectivity index (χ4n) is 2.45. The number of rotatable bonds is 1. The van der Waals surface area contributed by atoms with E-state index in [2.05, 4.69) is 20.9 Å². The molecule has 2 aromatic rings. The van der Waals surface area contributed by atoms with Crippen LogP contribution in [-0.4, -0.2) is 52.2 Å². The molecule has 0 saturated carbocycles. The molecular weight excluding hydrogens is 244 g/mol. The first kappa shape index (κ1) is 11.8. The van der Waals surface area contributed by atoms with Crippen LogP contribution in [0.25, 0.3) is 11.0 Å². The first-order valence-corrected chi connectivity index (χ1v) is 6.32. The minimum atomic E-state index is -0.838. The Bertz CT molecular complexity index is 614. The van der Waals surface area contributed by atoms with Crippen molar-refractivity contribution < 1.29 is 9.90 Å². The van der Waals surface area contributed by atoms with E-state index in [1.807, 2.05) is 19.3 Å². The number of hydrogen-bond acceptors (Lipinski definition) is 3. The van der Waals surface area contributed by atoms with Crippen molar-refractivity contribution in [1.29, 1.82) is 0 Å². The van der Waals surface area contributed by atoms with Gasteiger partial charge in [0.25, 0.3) is 0 Å². The van der Waals surface area contributed by atoms with E-state index in [0.717, 1.165) is 16.7 Å². The van der Waals surface area contributed by atoms with Crippen molar-refractivity contribution in [2.45, 2.75) is 6.92 Å². The highest BCUT2D eigenvalue weighted by atomic mass is 16.4. The lowest BCUT2D eigenvalue weighted by Crippen LogP contribution is -2.48. The largest absolute Gasteiger partial charge is 0.465 e. The number of fused-ring (bicyclic) bond motifs is 1. The molecule has 2 N–H and O–H groups in total. The van der Waals surface area contributed by atoms with Gasteiger partial charge in [-0.15, -0.1) is 0 Å². The molecule has 0 radical (unpaired) electrons. The lowest BCUT2D eigenvalue weighted by molar-refractivity contribution is 0.142. The van der Waals surface area contributed by atoms with Crippen molar-refractivity contribution in [3.8, 4) is 0 Å². The van der Waals surface area contributed by atoms with Gasteiger partial charge in [0.15, 0.2) is 0 Å². The molecule has 19 heavy (non-hydrogen) atoms. The second-order valence-electron chi connectivity index (χ2n) is 4.82. The first-order chi connectivity index (χ1) is 9.15. The third kappa shape index (κ3) is 2.09. The van der Waals surface area contributed by atoms with Crippen LogP contribution in [0.4, 0.5) is 10.5 Å². The van der Waals surface area contributed by atoms with E-state index < -0.39 is 6.09 Å². The SMILES string of the molecule is Cc1c[nH]c2ncc(N3CCN(C(=O)O)CC3)cc12. The number of aromatic nitrogens is 2. The molecule has 0 atom stereocenters. The minimum absolute atomic E-state index is 0.541. The highest BCUT2D eigenvalue weighted by Crippen LogP contribution is 2.23. The molecule has 6 nitrogen and oxygen atoms in total. The molecule has 1 amide bonds. The summed E-state index contributed by atoms with van der Waals surface area (Å²) in [4.78, 5) is 22.0. The number of amides is 1. The van der Waals surface area contributed by atoms with Crippen molar-refractivity contribution in [3.05, 3.63) is 24.0 Å². The normalized spacial score (nSPS) is 16.1. The van der Waals surface area contributed by atoms with Gasteiger partial charge >= 0.3 is 6.09 Å². The van der Waals surface area contributed by atoms with Crippen LogP contribution in [0.3, 0.4) is 0 Å². The predicted octanol–water partition coefficient (Wildman–Crippen LogP) is 1.67. The van der Waals surface area contributed by atoms with Crippen LogP contribution in [0, 0.1) is 6.92 Å². The number of carbonyl (C=O) groups is 1. The van der Waals surface area contributed by atoms with Gasteiger partial charge in [-0.2, -0.15) is 0 Å². The van der Waals surface area contributed by atoms with Crippen molar-refractivity contribution >= 4 is 22.8 Å². The first-order valence-electron chi connectivity index (χ1n) is 6.32. The van der Waals surface area contributed by atoms with E-state index in [4.69, 9.17) is 5.11 Å². The van der Waals surface area contributed by atoms with Crippen molar-refractivity contribution in [3.63, 3.8) is 0 Å². The molecular formula is C13H16N4O2. The van der Waals surface area contributed by atoms with Crippen LogP contribution in [0.2, 0.25) is 0 Å². The third-order valence-electron chi connectivity index (χ3n) is 3.64. The van der Waals surface area contributed by atoms with Gasteiger partial charge in [0.1, 0.15) is 5.65 Å². The fraction of sp³-hybridized carbons (Fsp3) is 0.385. The Morgan fingerprint density at radius 3 is 2.79 bits per heavy atom. The number of piperazine rings is 1. The Balaban J connectivity index is 1.81. The zero-order valence-electron chi connectivity index (χ0n) is 10.8. The number of nitrogens with one attached hydrogen (secondary N) is 1. The fourth-order valence-corrected chi connectivity index (χ4v) is 2.45. The molecule has 1 fully saturated rings. The van der Waals surface area contributed by atoms with Crippen LogP contribution < -0.4 is 4.90 Å². The summed E-state index contributed by atoms with van der Waals surface area (Å²) in [6.07, 6.45) is 2.95. The van der Waals surface area contributed by atoms with Crippen molar-refractivity contribution in [2.75, 3.05) is 31.1 Å². The second kappa shape index (κ2) is 4.46. The number of H-pyrrole nitrogens is 1. The van der Waals surface area contributed by atoms with E-state index in [1.54, 1.807) is 0 Å². The molecule has 2 aromatic heterocycles. The number of nitrogens with zero attached hydrogens (tertiary/aromatic N) is 3. The van der Waals surface area contributed by atoms with Crippen molar-refractivity contribution in [2.24, 2.45) is 0 Å². The highest BCUT2D eigenvalue weighted by molar-refractivity contribution is 5.82. The summed E-state index contributed by atoms with van der Waals surface area (Å²) in [5, 5.41) is 10.1. The van der Waals surface area contributed by atoms with Gasteiger partial charge in [-0.3, -0.25) is 0 Å². The smallest absolute Gasteiger partial charge is 0.407 e. The maximum absolute atomic E-state index is 10.9. The summed E-state index contributed by atoms with van der Waals surface area (Å²) in [6.45, 7) is 4.55. The summed E-state index contributed by atoms with van der Waals surface area (Å²) in [5.41, 5.74) is 3.12. The number of aromatic amines is 1. The molecule has 0 aliphatic carbocycles. The van der Waals surface area contributed by atoms with Gasteiger partial charge in [-0.1, -0.05) is 0 Å². The van der Waals surface area contributed by atoms with Crippen molar-refractivity contribution in [1.82, 2.24) is 14.9 Å². The van der Waals surface area contributed by atoms with Crippen LogP contribution in [0.1, 0.15) is 5.56 Å². The zero-order valence-corrected chi connectivity index (χ0v) is 10.8. The monoisotopic (exact) mass is 260 g/mol. The standard InChI is InChI=1S/C13H16N4O2/c1-9-7-14-12-11(9)6-10(8-15-12)16-2-4-17(5-3-16)13(18)19/h6-8H,2-5H2,1H3,(H,14,15)(H,18,19). The lowest BCUT2D eigenvalue weighted by Gasteiger charge is -2.34. The summed E-state index contributed by atoms with van der Waals surface area (Å²) < 4.78 is 0. The molecule has 3 rings (SSSR count). The van der Waals surface area contributed by atoms with Crippen LogP contribution in [-0.2, 0) is 0 Å². The average Bonchev–Trinajstić information content (AvgIpc) is 2.80. The van der Waals surface area contributed by atoms with Gasteiger partial charge in [0.2, 0.25) is 0 Å². The third-order valence-corrected chi connectivity index (χ3v) is 3.64. The van der Waals surface area contributed by atoms with Crippen LogP contribution >= 0.6 is 0 Å². The Morgan fingerprint density at radius 1 is 1.37 bits per heavy atom. The van der Waals surface area contributed by atoms with E-state index in [0.29, 0.717) is 26.2 Å². The quantitative estimate of drug-likeness (QED) is 0.818. The van der Waals surface area contributed by atoms with Gasteiger partial charge in [0, 0.05) is 37.8 Å². The predicted molar refractivity (Wildman–Crippen MR) is 72.6 cm³/mol. The van der Waals surface area contributed by atoms with Gasteiger partial charge in [0.05, 0.1) is 11.9 Å². The highest BCUT2D eigenvalue weighted by Gasteiger charge is 2.20. The molecule has 100 valence electrons. The van der Waals surface area contributed by atoms with Gasteiger partial charge < -0.3 is 19.9 Å². The Morgan fingerprint density at radius 2 is 2.11 bits per heavy atom.